The van der Waals surface area contributed by atoms with Crippen LogP contribution >= 0.6 is 22.6 Å². The maximum atomic E-state index is 11.8. The molecule has 6 heteroatoms. The molecule has 0 amide bonds. The SMILES string of the molecule is CCCC(OCC)c1nc(COC)c(I)c(=O)[nH]1. The molecule has 0 saturated heterocycles. The number of halogens is 1. The Labute approximate surface area is 120 Å². The molecule has 0 aliphatic rings. The molecule has 0 spiro atoms. The van der Waals surface area contributed by atoms with Crippen molar-refractivity contribution < 1.29 is 9.47 Å². The fourth-order valence-electron chi connectivity index (χ4n) is 1.67. The topological polar surface area (TPSA) is 64.2 Å². The van der Waals surface area contributed by atoms with Gasteiger partial charge >= 0.3 is 0 Å². The van der Waals surface area contributed by atoms with E-state index in [0.29, 0.717) is 28.3 Å². The van der Waals surface area contributed by atoms with Crippen LogP contribution in [0.15, 0.2) is 4.79 Å². The van der Waals surface area contributed by atoms with Gasteiger partial charge in [0.25, 0.3) is 5.56 Å². The van der Waals surface area contributed by atoms with Gasteiger partial charge in [-0.05, 0) is 35.9 Å². The Morgan fingerprint density at radius 1 is 1.44 bits per heavy atom. The third-order valence-corrected chi connectivity index (χ3v) is 3.57. The number of nitrogens with one attached hydrogen (secondary N) is 1. The molecule has 1 atom stereocenters. The summed E-state index contributed by atoms with van der Waals surface area (Å²) in [5.41, 5.74) is 0.533. The Morgan fingerprint density at radius 2 is 2.17 bits per heavy atom. The van der Waals surface area contributed by atoms with Crippen LogP contribution < -0.4 is 5.56 Å². The van der Waals surface area contributed by atoms with Crippen molar-refractivity contribution in [2.75, 3.05) is 13.7 Å². The van der Waals surface area contributed by atoms with Gasteiger partial charge in [0.15, 0.2) is 0 Å². The van der Waals surface area contributed by atoms with Crippen LogP contribution in [0.4, 0.5) is 0 Å². The van der Waals surface area contributed by atoms with Crippen LogP contribution in [0.5, 0.6) is 0 Å². The van der Waals surface area contributed by atoms with Crippen molar-refractivity contribution >= 4 is 22.6 Å². The maximum absolute atomic E-state index is 11.8. The molecule has 0 fully saturated rings. The second-order valence-corrected chi connectivity index (χ2v) is 4.96. The van der Waals surface area contributed by atoms with E-state index in [9.17, 15) is 4.79 Å². The molecular formula is C12H19IN2O3. The molecule has 1 unspecified atom stereocenters. The number of H-pyrrole nitrogens is 1. The van der Waals surface area contributed by atoms with Gasteiger partial charge in [-0.1, -0.05) is 13.3 Å². The summed E-state index contributed by atoms with van der Waals surface area (Å²) in [5, 5.41) is 0. The smallest absolute Gasteiger partial charge is 0.264 e. The Hall–Kier alpha value is -0.470. The number of hydrogen-bond donors (Lipinski definition) is 1. The van der Waals surface area contributed by atoms with Crippen molar-refractivity contribution in [3.8, 4) is 0 Å². The van der Waals surface area contributed by atoms with Gasteiger partial charge in [-0.15, -0.1) is 0 Å². The molecule has 0 bridgehead atoms. The molecule has 1 heterocycles. The van der Waals surface area contributed by atoms with Crippen molar-refractivity contribution in [1.82, 2.24) is 9.97 Å². The lowest BCUT2D eigenvalue weighted by atomic mass is 10.2. The van der Waals surface area contributed by atoms with Crippen LogP contribution in [0.1, 0.15) is 44.3 Å². The van der Waals surface area contributed by atoms with E-state index in [1.165, 1.54) is 0 Å². The first-order chi connectivity index (χ1) is 8.63. The lowest BCUT2D eigenvalue weighted by molar-refractivity contribution is 0.0486. The van der Waals surface area contributed by atoms with E-state index in [2.05, 4.69) is 16.9 Å². The van der Waals surface area contributed by atoms with Gasteiger partial charge in [0.1, 0.15) is 15.5 Å². The van der Waals surface area contributed by atoms with E-state index in [1.807, 2.05) is 29.5 Å². The quantitative estimate of drug-likeness (QED) is 0.753. The van der Waals surface area contributed by atoms with Gasteiger partial charge in [0.2, 0.25) is 0 Å². The highest BCUT2D eigenvalue weighted by Gasteiger charge is 2.16. The lowest BCUT2D eigenvalue weighted by Gasteiger charge is -2.16. The first kappa shape index (κ1) is 15.6. The number of aromatic amines is 1. The predicted octanol–water partition coefficient (Wildman–Crippen LogP) is 2.40. The van der Waals surface area contributed by atoms with Crippen molar-refractivity contribution in [3.05, 3.63) is 25.4 Å². The molecule has 18 heavy (non-hydrogen) atoms. The van der Waals surface area contributed by atoms with E-state index in [-0.39, 0.29) is 11.7 Å². The highest BCUT2D eigenvalue weighted by Crippen LogP contribution is 2.19. The van der Waals surface area contributed by atoms with E-state index in [0.717, 1.165) is 12.8 Å². The van der Waals surface area contributed by atoms with Crippen molar-refractivity contribution in [2.45, 2.75) is 39.4 Å². The number of ether oxygens (including phenoxy) is 2. The zero-order chi connectivity index (χ0) is 13.5. The van der Waals surface area contributed by atoms with Crippen molar-refractivity contribution in [3.63, 3.8) is 0 Å². The fourth-order valence-corrected chi connectivity index (χ4v) is 2.08. The van der Waals surface area contributed by atoms with Gasteiger partial charge in [0, 0.05) is 13.7 Å². The fraction of sp³-hybridized carbons (Fsp3) is 0.667. The second kappa shape index (κ2) is 7.85. The summed E-state index contributed by atoms with van der Waals surface area (Å²) in [5.74, 6) is 0.594. The summed E-state index contributed by atoms with van der Waals surface area (Å²) in [6.45, 7) is 4.94. The van der Waals surface area contributed by atoms with Crippen LogP contribution in [0, 0.1) is 3.57 Å². The standard InChI is InChI=1S/C12H19IN2O3/c1-4-6-9(18-5-2)11-14-8(7-17-3)10(13)12(16)15-11/h9H,4-7H2,1-3H3,(H,14,15,16). The number of hydrogen-bond acceptors (Lipinski definition) is 4. The molecule has 1 aromatic rings. The third-order valence-electron chi connectivity index (χ3n) is 2.45. The summed E-state index contributed by atoms with van der Waals surface area (Å²) in [6.07, 6.45) is 1.66. The number of nitrogens with zero attached hydrogens (tertiary/aromatic N) is 1. The number of methoxy groups -OCH3 is 1. The lowest BCUT2D eigenvalue weighted by Crippen LogP contribution is -2.21. The summed E-state index contributed by atoms with van der Waals surface area (Å²) < 4.78 is 11.3. The minimum atomic E-state index is -0.152. The van der Waals surface area contributed by atoms with E-state index in [4.69, 9.17) is 9.47 Å². The predicted molar refractivity (Wildman–Crippen MR) is 77.6 cm³/mol. The van der Waals surface area contributed by atoms with Gasteiger partial charge in [-0.25, -0.2) is 4.98 Å². The Morgan fingerprint density at radius 3 is 2.72 bits per heavy atom. The van der Waals surface area contributed by atoms with E-state index < -0.39 is 0 Å². The Balaban J connectivity index is 3.10. The zero-order valence-corrected chi connectivity index (χ0v) is 13.1. The number of aromatic nitrogens is 2. The zero-order valence-electron chi connectivity index (χ0n) is 11.0. The van der Waals surface area contributed by atoms with Crippen molar-refractivity contribution in [1.29, 1.82) is 0 Å². The Bertz CT molecular complexity index is 428. The van der Waals surface area contributed by atoms with Crippen LogP contribution in [-0.2, 0) is 16.1 Å². The van der Waals surface area contributed by atoms with E-state index in [1.54, 1.807) is 7.11 Å². The van der Waals surface area contributed by atoms with Gasteiger partial charge in [-0.3, -0.25) is 4.79 Å². The summed E-state index contributed by atoms with van der Waals surface area (Å²) in [7, 11) is 1.59. The highest BCUT2D eigenvalue weighted by molar-refractivity contribution is 14.1. The first-order valence-corrected chi connectivity index (χ1v) is 7.11. The van der Waals surface area contributed by atoms with Crippen LogP contribution in [0.2, 0.25) is 0 Å². The molecular weight excluding hydrogens is 347 g/mol. The molecule has 0 aromatic carbocycles. The highest BCUT2D eigenvalue weighted by atomic mass is 127. The molecule has 5 nitrogen and oxygen atoms in total. The van der Waals surface area contributed by atoms with Crippen LogP contribution in [-0.4, -0.2) is 23.7 Å². The normalized spacial score (nSPS) is 12.7. The second-order valence-electron chi connectivity index (χ2n) is 3.88. The average molecular weight is 366 g/mol. The van der Waals surface area contributed by atoms with Gasteiger partial charge in [-0.2, -0.15) is 0 Å². The number of rotatable bonds is 7. The summed E-state index contributed by atoms with van der Waals surface area (Å²) in [4.78, 5) is 19.1. The summed E-state index contributed by atoms with van der Waals surface area (Å²) in [6, 6.07) is 0. The Kier molecular flexibility index (Phi) is 6.80. The maximum Gasteiger partial charge on any atom is 0.264 e. The molecule has 0 saturated carbocycles. The van der Waals surface area contributed by atoms with E-state index >= 15 is 0 Å². The van der Waals surface area contributed by atoms with Crippen LogP contribution in [0.25, 0.3) is 0 Å². The molecule has 1 rings (SSSR count). The van der Waals surface area contributed by atoms with Crippen molar-refractivity contribution in [2.24, 2.45) is 0 Å². The molecule has 0 radical (unpaired) electrons. The largest absolute Gasteiger partial charge is 0.378 e. The van der Waals surface area contributed by atoms with Gasteiger partial charge < -0.3 is 14.5 Å². The van der Waals surface area contributed by atoms with Crippen LogP contribution in [0.3, 0.4) is 0 Å². The minimum Gasteiger partial charge on any atom is -0.378 e. The first-order valence-electron chi connectivity index (χ1n) is 6.03. The average Bonchev–Trinajstić information content (AvgIpc) is 2.34. The van der Waals surface area contributed by atoms with Gasteiger partial charge in [0.05, 0.1) is 12.3 Å². The molecule has 0 aliphatic carbocycles. The minimum absolute atomic E-state index is 0.131. The molecule has 0 aliphatic heterocycles. The molecule has 1 N–H and O–H groups in total. The summed E-state index contributed by atoms with van der Waals surface area (Å²) >= 11 is 1.98. The molecule has 1 aromatic heterocycles. The monoisotopic (exact) mass is 366 g/mol. The third kappa shape index (κ3) is 4.03. The molecule has 102 valence electrons.